The van der Waals surface area contributed by atoms with Crippen LogP contribution in [0, 0.1) is 6.92 Å². The van der Waals surface area contributed by atoms with Crippen molar-refractivity contribution in [1.29, 1.82) is 0 Å². The third kappa shape index (κ3) is 8.08. The van der Waals surface area contributed by atoms with Crippen LogP contribution in [0.1, 0.15) is 40.0 Å². The largest absolute Gasteiger partial charge is 0.496 e. The van der Waals surface area contributed by atoms with Crippen LogP contribution in [0.2, 0.25) is 5.02 Å². The molecule has 0 saturated carbocycles. The standard InChI is InChI=1S/C35H37ClN6O6/c1-21-26(27-12-13-38-33(32(27)36)23-7-8-24(18-37-14-15-43)30(16-23)48-2)4-3-5-28(21)41-34(45)29-10-6-22(17-39-29)19-42(35(46)47)20-25-9-11-31(44)40-25/h3-8,10,12-13,16-17,25,37,43H,9,11,14-15,18-20H2,1-2H3,(H,40,44)(H,41,45)(H,46,47)/t25-/m0/s1. The molecule has 0 spiro atoms. The summed E-state index contributed by atoms with van der Waals surface area (Å²) in [6.07, 6.45) is 3.04. The zero-order valence-electron chi connectivity index (χ0n) is 26.6. The van der Waals surface area contributed by atoms with E-state index in [0.717, 1.165) is 27.8 Å². The number of carboxylic acid groups (broad SMARTS) is 1. The second-order valence-electron chi connectivity index (χ2n) is 11.4. The highest BCUT2D eigenvalue weighted by atomic mass is 35.5. The number of hydrogen-bond donors (Lipinski definition) is 5. The van der Waals surface area contributed by atoms with Crippen molar-refractivity contribution in [1.82, 2.24) is 25.5 Å². The number of nitrogens with one attached hydrogen (secondary N) is 3. The monoisotopic (exact) mass is 672 g/mol. The summed E-state index contributed by atoms with van der Waals surface area (Å²) < 4.78 is 5.60. The Balaban J connectivity index is 1.31. The lowest BCUT2D eigenvalue weighted by Gasteiger charge is -2.22. The van der Waals surface area contributed by atoms with Gasteiger partial charge in [-0.05, 0) is 54.3 Å². The van der Waals surface area contributed by atoms with Gasteiger partial charge in [-0.2, -0.15) is 0 Å². The maximum absolute atomic E-state index is 13.2. The number of benzene rings is 2. The first kappa shape index (κ1) is 34.3. The van der Waals surface area contributed by atoms with Crippen molar-refractivity contribution in [2.45, 2.75) is 38.9 Å². The van der Waals surface area contributed by atoms with Gasteiger partial charge >= 0.3 is 6.09 Å². The number of carbonyl (C=O) groups is 3. The van der Waals surface area contributed by atoms with Gasteiger partial charge in [0.1, 0.15) is 11.4 Å². The smallest absolute Gasteiger partial charge is 0.407 e. The lowest BCUT2D eigenvalue weighted by molar-refractivity contribution is -0.119. The molecule has 48 heavy (non-hydrogen) atoms. The van der Waals surface area contributed by atoms with Gasteiger partial charge in [-0.1, -0.05) is 41.9 Å². The number of nitrogens with zero attached hydrogens (tertiary/aromatic N) is 3. The quantitative estimate of drug-likeness (QED) is 0.125. The van der Waals surface area contributed by atoms with E-state index >= 15 is 0 Å². The third-order valence-corrected chi connectivity index (χ3v) is 8.54. The zero-order valence-corrected chi connectivity index (χ0v) is 27.4. The van der Waals surface area contributed by atoms with Crippen molar-refractivity contribution in [2.75, 3.05) is 32.1 Å². The molecule has 3 amide bonds. The number of rotatable bonds is 13. The fourth-order valence-electron chi connectivity index (χ4n) is 5.61. The molecule has 1 fully saturated rings. The summed E-state index contributed by atoms with van der Waals surface area (Å²) >= 11 is 6.97. The molecule has 1 atom stereocenters. The molecule has 5 rings (SSSR count). The van der Waals surface area contributed by atoms with Crippen LogP contribution in [0.3, 0.4) is 0 Å². The van der Waals surface area contributed by atoms with E-state index < -0.39 is 12.0 Å². The van der Waals surface area contributed by atoms with Crippen LogP contribution in [0.5, 0.6) is 5.75 Å². The fraction of sp³-hybridized carbons (Fsp3) is 0.286. The first-order valence-electron chi connectivity index (χ1n) is 15.4. The molecule has 5 N–H and O–H groups in total. The minimum Gasteiger partial charge on any atom is -0.496 e. The molecule has 0 bridgehead atoms. The summed E-state index contributed by atoms with van der Waals surface area (Å²) in [6, 6.07) is 16.1. The Hall–Kier alpha value is -5.04. The molecule has 0 aliphatic carbocycles. The van der Waals surface area contributed by atoms with Crippen molar-refractivity contribution in [2.24, 2.45) is 0 Å². The fourth-order valence-corrected chi connectivity index (χ4v) is 5.93. The highest BCUT2D eigenvalue weighted by Gasteiger charge is 2.25. The van der Waals surface area contributed by atoms with Crippen molar-refractivity contribution in [3.63, 3.8) is 0 Å². The SMILES string of the molecule is COc1cc(-c2nccc(-c3cccc(NC(=O)c4ccc(CN(C[C@@H]5CCC(=O)N5)C(=O)O)cn4)c3C)c2Cl)ccc1CNCCO. The summed E-state index contributed by atoms with van der Waals surface area (Å²) in [5.74, 6) is 0.165. The average Bonchev–Trinajstić information content (AvgIpc) is 3.50. The predicted octanol–water partition coefficient (Wildman–Crippen LogP) is 4.87. The predicted molar refractivity (Wildman–Crippen MR) is 182 cm³/mol. The molecule has 0 radical (unpaired) electrons. The van der Waals surface area contributed by atoms with Gasteiger partial charge in [0.2, 0.25) is 5.91 Å². The Bertz CT molecular complexity index is 1800. The van der Waals surface area contributed by atoms with E-state index in [2.05, 4.69) is 25.9 Å². The van der Waals surface area contributed by atoms with Gasteiger partial charge in [-0.15, -0.1) is 0 Å². The number of ether oxygens (including phenoxy) is 1. The molecule has 4 aromatic rings. The second-order valence-corrected chi connectivity index (χ2v) is 11.8. The number of aliphatic hydroxyl groups excluding tert-OH is 1. The number of pyridine rings is 2. The number of methoxy groups -OCH3 is 1. The molecule has 13 heteroatoms. The van der Waals surface area contributed by atoms with E-state index in [1.807, 2.05) is 43.3 Å². The van der Waals surface area contributed by atoms with E-state index in [1.165, 1.54) is 11.1 Å². The second kappa shape index (κ2) is 15.7. The summed E-state index contributed by atoms with van der Waals surface area (Å²) in [5, 5.41) is 28.0. The maximum atomic E-state index is 13.2. The van der Waals surface area contributed by atoms with Crippen molar-refractivity contribution in [3.05, 3.63) is 94.4 Å². The van der Waals surface area contributed by atoms with Crippen molar-refractivity contribution in [3.8, 4) is 28.1 Å². The first-order chi connectivity index (χ1) is 23.2. The van der Waals surface area contributed by atoms with E-state index in [9.17, 15) is 19.5 Å². The van der Waals surface area contributed by atoms with E-state index in [4.69, 9.17) is 21.4 Å². The van der Waals surface area contributed by atoms with Crippen LogP contribution < -0.4 is 20.7 Å². The van der Waals surface area contributed by atoms with Gasteiger partial charge in [-0.3, -0.25) is 19.6 Å². The number of aromatic nitrogens is 2. The summed E-state index contributed by atoms with van der Waals surface area (Å²) in [5.41, 5.74) is 6.00. The highest BCUT2D eigenvalue weighted by molar-refractivity contribution is 6.35. The molecule has 12 nitrogen and oxygen atoms in total. The topological polar surface area (TPSA) is 166 Å². The number of aliphatic hydroxyl groups is 1. The molecule has 3 heterocycles. The van der Waals surface area contributed by atoms with Crippen LogP contribution in [0.25, 0.3) is 22.4 Å². The lowest BCUT2D eigenvalue weighted by Crippen LogP contribution is -2.40. The van der Waals surface area contributed by atoms with Crippen LogP contribution >= 0.6 is 11.6 Å². The molecular weight excluding hydrogens is 636 g/mol. The Morgan fingerprint density at radius 3 is 2.65 bits per heavy atom. The molecule has 250 valence electrons. The van der Waals surface area contributed by atoms with Crippen LogP contribution in [-0.2, 0) is 17.9 Å². The summed E-state index contributed by atoms with van der Waals surface area (Å²) in [4.78, 5) is 46.6. The van der Waals surface area contributed by atoms with E-state index in [1.54, 1.807) is 31.5 Å². The van der Waals surface area contributed by atoms with Gasteiger partial charge < -0.3 is 35.8 Å². The van der Waals surface area contributed by atoms with Crippen LogP contribution in [-0.4, -0.2) is 75.8 Å². The van der Waals surface area contributed by atoms with Crippen molar-refractivity contribution < 1.29 is 29.3 Å². The van der Waals surface area contributed by atoms with Gasteiger partial charge in [-0.25, -0.2) is 4.79 Å². The summed E-state index contributed by atoms with van der Waals surface area (Å²) in [6.45, 7) is 3.19. The molecular formula is C35H37ClN6O6. The number of carbonyl (C=O) groups excluding carboxylic acids is 2. The Morgan fingerprint density at radius 2 is 1.96 bits per heavy atom. The highest BCUT2D eigenvalue weighted by Crippen LogP contribution is 2.39. The van der Waals surface area contributed by atoms with Gasteiger partial charge in [0, 0.05) is 66.9 Å². The summed E-state index contributed by atoms with van der Waals surface area (Å²) in [7, 11) is 1.60. The average molecular weight is 673 g/mol. The van der Waals surface area contributed by atoms with Gasteiger partial charge in [0.05, 0.1) is 31.0 Å². The molecule has 1 aliphatic heterocycles. The molecule has 2 aromatic carbocycles. The normalized spacial score (nSPS) is 14.0. The number of anilines is 1. The Labute approximate surface area is 283 Å². The van der Waals surface area contributed by atoms with Gasteiger partial charge in [0.15, 0.2) is 0 Å². The van der Waals surface area contributed by atoms with E-state index in [0.29, 0.717) is 53.6 Å². The van der Waals surface area contributed by atoms with Crippen molar-refractivity contribution >= 4 is 35.2 Å². The number of amides is 3. The minimum atomic E-state index is -1.10. The first-order valence-corrected chi connectivity index (χ1v) is 15.8. The molecule has 1 aliphatic rings. The third-order valence-electron chi connectivity index (χ3n) is 8.15. The van der Waals surface area contributed by atoms with E-state index in [-0.39, 0.29) is 37.3 Å². The van der Waals surface area contributed by atoms with Crippen LogP contribution in [0.4, 0.5) is 10.5 Å². The van der Waals surface area contributed by atoms with Gasteiger partial charge in [0.25, 0.3) is 5.91 Å². The number of hydrogen-bond acceptors (Lipinski definition) is 8. The number of halogens is 1. The lowest BCUT2D eigenvalue weighted by atomic mass is 9.97. The molecule has 0 unspecified atom stereocenters. The minimum absolute atomic E-state index is 0.0426. The van der Waals surface area contributed by atoms with Crippen LogP contribution in [0.15, 0.2) is 67.0 Å². The molecule has 2 aromatic heterocycles. The Kier molecular flexibility index (Phi) is 11.2. The maximum Gasteiger partial charge on any atom is 0.407 e. The zero-order chi connectivity index (χ0) is 34.2. The molecule has 1 saturated heterocycles. The Morgan fingerprint density at radius 1 is 1.12 bits per heavy atom.